The molecule has 0 amide bonds. The van der Waals surface area contributed by atoms with E-state index < -0.39 is 11.9 Å². The number of para-hydroxylation sites is 1. The first-order valence-electron chi connectivity index (χ1n) is 10.9. The fraction of sp³-hybridized carbons (Fsp3) is 0.348. The zero-order valence-corrected chi connectivity index (χ0v) is 18.6. The SMILES string of the molecule is Cc1cc2c(=O)n(CCN3CCC(c4noc5ccccc45)CC3)ccn2n1.O=C(O)C(=O)O. The number of carboxylic acid groups (broad SMARTS) is 2. The Bertz CT molecular complexity index is 1370. The third kappa shape index (κ3) is 4.99. The number of nitrogens with zero attached hydrogens (tertiary/aromatic N) is 5. The van der Waals surface area contributed by atoms with E-state index in [2.05, 4.69) is 21.2 Å². The number of aliphatic carboxylic acids is 2. The minimum atomic E-state index is -1.82. The van der Waals surface area contributed by atoms with Gasteiger partial charge in [-0.1, -0.05) is 17.3 Å². The van der Waals surface area contributed by atoms with Crippen LogP contribution in [-0.2, 0) is 16.1 Å². The summed E-state index contributed by atoms with van der Waals surface area (Å²) in [6, 6.07) is 9.91. The standard InChI is InChI=1S/C21H23N5O2.C2H2O4/c1-15-14-18-21(27)25(12-13-26(18)22-15)11-10-24-8-6-16(7-9-24)20-17-4-2-3-5-19(17)28-23-20;3-1(4)2(5)6/h2-5,12-14,16H,6-11H2,1H3;(H,3,4)(H,5,6). The van der Waals surface area contributed by atoms with Gasteiger partial charge in [-0.25, -0.2) is 14.1 Å². The average molecular weight is 467 g/mol. The maximum Gasteiger partial charge on any atom is 0.414 e. The number of aromatic nitrogens is 4. The van der Waals surface area contributed by atoms with E-state index in [0.717, 1.165) is 54.8 Å². The lowest BCUT2D eigenvalue weighted by molar-refractivity contribution is -0.159. The molecule has 0 radical (unpaired) electrons. The van der Waals surface area contributed by atoms with E-state index in [0.29, 0.717) is 18.0 Å². The van der Waals surface area contributed by atoms with Gasteiger partial charge >= 0.3 is 11.9 Å². The summed E-state index contributed by atoms with van der Waals surface area (Å²) in [5, 5.41) is 24.6. The molecule has 3 aromatic heterocycles. The third-order valence-electron chi connectivity index (χ3n) is 5.95. The van der Waals surface area contributed by atoms with Gasteiger partial charge in [0.25, 0.3) is 5.56 Å². The van der Waals surface area contributed by atoms with Crippen molar-refractivity contribution in [3.8, 4) is 0 Å². The van der Waals surface area contributed by atoms with Crippen molar-refractivity contribution in [1.29, 1.82) is 0 Å². The number of fused-ring (bicyclic) bond motifs is 2. The maximum atomic E-state index is 12.6. The smallest absolute Gasteiger partial charge is 0.414 e. The molecule has 4 aromatic rings. The molecule has 5 rings (SSSR count). The summed E-state index contributed by atoms with van der Waals surface area (Å²) in [5.41, 5.74) is 3.47. The topological polar surface area (TPSA) is 143 Å². The van der Waals surface area contributed by atoms with Crippen LogP contribution < -0.4 is 5.56 Å². The van der Waals surface area contributed by atoms with Crippen LogP contribution in [0.3, 0.4) is 0 Å². The Morgan fingerprint density at radius 1 is 1.09 bits per heavy atom. The summed E-state index contributed by atoms with van der Waals surface area (Å²) >= 11 is 0. The van der Waals surface area contributed by atoms with Crippen molar-refractivity contribution in [1.82, 2.24) is 24.2 Å². The van der Waals surface area contributed by atoms with Crippen molar-refractivity contribution in [2.75, 3.05) is 19.6 Å². The highest BCUT2D eigenvalue weighted by molar-refractivity contribution is 6.27. The molecule has 0 bridgehead atoms. The van der Waals surface area contributed by atoms with E-state index in [1.165, 1.54) is 0 Å². The van der Waals surface area contributed by atoms with Crippen molar-refractivity contribution in [3.05, 3.63) is 64.5 Å². The second-order valence-corrected chi connectivity index (χ2v) is 8.20. The zero-order chi connectivity index (χ0) is 24.2. The Hall–Kier alpha value is -3.99. The predicted molar refractivity (Wildman–Crippen MR) is 122 cm³/mol. The Morgan fingerprint density at radius 2 is 1.79 bits per heavy atom. The Balaban J connectivity index is 0.000000408. The molecule has 4 heterocycles. The summed E-state index contributed by atoms with van der Waals surface area (Å²) in [5.74, 6) is -3.21. The van der Waals surface area contributed by atoms with Crippen LogP contribution in [0.1, 0.15) is 30.1 Å². The van der Waals surface area contributed by atoms with Crippen molar-refractivity contribution < 1.29 is 24.3 Å². The second kappa shape index (κ2) is 9.87. The van der Waals surface area contributed by atoms with Crippen LogP contribution in [-0.4, -0.2) is 66.0 Å². The van der Waals surface area contributed by atoms with Crippen molar-refractivity contribution in [3.63, 3.8) is 0 Å². The quantitative estimate of drug-likeness (QED) is 0.431. The molecule has 0 unspecified atom stereocenters. The van der Waals surface area contributed by atoms with Crippen LogP contribution in [0.5, 0.6) is 0 Å². The second-order valence-electron chi connectivity index (χ2n) is 8.20. The third-order valence-corrected chi connectivity index (χ3v) is 5.95. The van der Waals surface area contributed by atoms with Gasteiger partial charge < -0.3 is 24.2 Å². The molecule has 11 nitrogen and oxygen atoms in total. The van der Waals surface area contributed by atoms with Crippen LogP contribution >= 0.6 is 0 Å². The van der Waals surface area contributed by atoms with Crippen molar-refractivity contribution >= 4 is 28.4 Å². The molecule has 0 saturated carbocycles. The molecular formula is C23H25N5O6. The van der Waals surface area contributed by atoms with E-state index in [9.17, 15) is 4.79 Å². The van der Waals surface area contributed by atoms with Gasteiger partial charge in [-0.2, -0.15) is 5.10 Å². The van der Waals surface area contributed by atoms with E-state index in [4.69, 9.17) is 24.3 Å². The van der Waals surface area contributed by atoms with Gasteiger partial charge in [-0.15, -0.1) is 0 Å². The van der Waals surface area contributed by atoms with Crippen LogP contribution in [0, 0.1) is 6.92 Å². The van der Waals surface area contributed by atoms with E-state index in [1.54, 1.807) is 9.08 Å². The molecule has 1 saturated heterocycles. The average Bonchev–Trinajstić information content (AvgIpc) is 3.43. The molecule has 11 heteroatoms. The first-order chi connectivity index (χ1) is 16.3. The number of likely N-dealkylation sites (tertiary alicyclic amines) is 1. The van der Waals surface area contributed by atoms with Gasteiger partial charge in [-0.05, 0) is 51.1 Å². The number of rotatable bonds is 4. The van der Waals surface area contributed by atoms with E-state index in [1.807, 2.05) is 43.6 Å². The number of piperidine rings is 1. The minimum absolute atomic E-state index is 0.0204. The molecule has 178 valence electrons. The zero-order valence-electron chi connectivity index (χ0n) is 18.6. The molecule has 1 aromatic carbocycles. The van der Waals surface area contributed by atoms with Crippen molar-refractivity contribution in [2.24, 2.45) is 0 Å². The van der Waals surface area contributed by atoms with Gasteiger partial charge in [0, 0.05) is 36.8 Å². The first-order valence-corrected chi connectivity index (χ1v) is 10.9. The maximum absolute atomic E-state index is 12.6. The largest absolute Gasteiger partial charge is 0.473 e. The van der Waals surface area contributed by atoms with Gasteiger partial charge in [0.05, 0.1) is 11.4 Å². The van der Waals surface area contributed by atoms with Gasteiger partial charge in [0.2, 0.25) is 0 Å². The molecular weight excluding hydrogens is 442 g/mol. The van der Waals surface area contributed by atoms with Crippen molar-refractivity contribution in [2.45, 2.75) is 32.2 Å². The molecule has 1 aliphatic rings. The first kappa shape index (κ1) is 23.2. The Kier molecular flexibility index (Phi) is 6.73. The fourth-order valence-corrected chi connectivity index (χ4v) is 4.20. The monoisotopic (exact) mass is 467 g/mol. The highest BCUT2D eigenvalue weighted by Gasteiger charge is 2.24. The van der Waals surface area contributed by atoms with E-state index >= 15 is 0 Å². The number of aryl methyl sites for hydroxylation is 1. The van der Waals surface area contributed by atoms with Crippen LogP contribution in [0.4, 0.5) is 0 Å². The van der Waals surface area contributed by atoms with Crippen LogP contribution in [0.25, 0.3) is 16.5 Å². The summed E-state index contributed by atoms with van der Waals surface area (Å²) in [4.78, 5) is 33.2. The molecule has 0 spiro atoms. The highest BCUT2D eigenvalue weighted by Crippen LogP contribution is 2.32. The number of benzene rings is 1. The molecule has 0 atom stereocenters. The number of carbonyl (C=O) groups is 2. The number of carboxylic acids is 2. The summed E-state index contributed by atoms with van der Waals surface area (Å²) < 4.78 is 8.92. The lowest BCUT2D eigenvalue weighted by Crippen LogP contribution is -2.37. The highest BCUT2D eigenvalue weighted by atomic mass is 16.5. The molecule has 1 aliphatic heterocycles. The lowest BCUT2D eigenvalue weighted by atomic mass is 9.91. The number of hydrogen-bond acceptors (Lipinski definition) is 7. The summed E-state index contributed by atoms with van der Waals surface area (Å²) in [6.45, 7) is 5.48. The minimum Gasteiger partial charge on any atom is -0.473 e. The number of hydrogen-bond donors (Lipinski definition) is 2. The normalized spacial score (nSPS) is 14.7. The Morgan fingerprint density at radius 3 is 2.50 bits per heavy atom. The fourth-order valence-electron chi connectivity index (χ4n) is 4.20. The predicted octanol–water partition coefficient (Wildman–Crippen LogP) is 1.98. The van der Waals surface area contributed by atoms with Crippen LogP contribution in [0.2, 0.25) is 0 Å². The summed E-state index contributed by atoms with van der Waals surface area (Å²) in [7, 11) is 0. The van der Waals surface area contributed by atoms with Gasteiger partial charge in [0.1, 0.15) is 5.52 Å². The molecule has 1 fully saturated rings. The molecule has 0 aliphatic carbocycles. The molecule has 2 N–H and O–H groups in total. The van der Waals surface area contributed by atoms with Gasteiger partial charge in [-0.3, -0.25) is 4.79 Å². The van der Waals surface area contributed by atoms with Crippen LogP contribution in [0.15, 0.2) is 52.0 Å². The molecule has 34 heavy (non-hydrogen) atoms. The van der Waals surface area contributed by atoms with E-state index in [-0.39, 0.29) is 5.56 Å². The lowest BCUT2D eigenvalue weighted by Gasteiger charge is -2.31. The Labute approximate surface area is 193 Å². The van der Waals surface area contributed by atoms with Gasteiger partial charge in [0.15, 0.2) is 5.58 Å². The summed E-state index contributed by atoms with van der Waals surface area (Å²) in [6.07, 6.45) is 5.81.